The Balaban J connectivity index is 1.75. The van der Waals surface area contributed by atoms with E-state index in [1.165, 1.54) is 6.33 Å². The number of nitrogens with one attached hydrogen (secondary N) is 1. The zero-order valence-corrected chi connectivity index (χ0v) is 14.3. The topological polar surface area (TPSA) is 55.1 Å². The monoisotopic (exact) mass is 379 g/mol. The number of anilines is 1. The maximum absolute atomic E-state index is 4.55. The first-order valence-corrected chi connectivity index (χ1v) is 8.30. The molecule has 0 saturated carbocycles. The van der Waals surface area contributed by atoms with Crippen molar-refractivity contribution in [2.75, 3.05) is 5.32 Å². The molecule has 5 nitrogen and oxygen atoms in total. The fourth-order valence-electron chi connectivity index (χ4n) is 2.61. The van der Waals surface area contributed by atoms with Crippen LogP contribution in [0.4, 0.5) is 5.69 Å². The minimum Gasteiger partial charge on any atom is -0.378 e. The van der Waals surface area contributed by atoms with Gasteiger partial charge in [-0.3, -0.25) is 0 Å². The average molecular weight is 380 g/mol. The van der Waals surface area contributed by atoms with Crippen LogP contribution < -0.4 is 5.32 Å². The van der Waals surface area contributed by atoms with Crippen molar-refractivity contribution in [3.05, 3.63) is 77.7 Å². The van der Waals surface area contributed by atoms with E-state index < -0.39 is 0 Å². The quantitative estimate of drug-likeness (QED) is 0.578. The first kappa shape index (κ1) is 14.8. The van der Waals surface area contributed by atoms with Gasteiger partial charge in [0.1, 0.15) is 10.9 Å². The van der Waals surface area contributed by atoms with Gasteiger partial charge in [0, 0.05) is 42.5 Å². The van der Waals surface area contributed by atoms with Gasteiger partial charge in [-0.15, -0.1) is 0 Å². The van der Waals surface area contributed by atoms with E-state index in [9.17, 15) is 0 Å². The smallest absolute Gasteiger partial charge is 0.161 e. The molecule has 4 aromatic rings. The summed E-state index contributed by atoms with van der Waals surface area (Å²) in [7, 11) is 0. The Labute approximate surface area is 147 Å². The lowest BCUT2D eigenvalue weighted by Gasteiger charge is -2.11. The molecule has 0 saturated heterocycles. The molecule has 0 fully saturated rings. The van der Waals surface area contributed by atoms with Gasteiger partial charge in [-0.25, -0.2) is 15.0 Å². The van der Waals surface area contributed by atoms with Crippen LogP contribution in [0.5, 0.6) is 0 Å². The van der Waals surface area contributed by atoms with Crippen LogP contribution in [0, 0.1) is 0 Å². The molecule has 0 spiro atoms. The van der Waals surface area contributed by atoms with Crippen LogP contribution in [-0.2, 0) is 6.54 Å². The van der Waals surface area contributed by atoms with Gasteiger partial charge < -0.3 is 9.72 Å². The van der Waals surface area contributed by atoms with Crippen LogP contribution >= 0.6 is 15.9 Å². The predicted octanol–water partition coefficient (Wildman–Crippen LogP) is 4.17. The van der Waals surface area contributed by atoms with E-state index in [1.807, 2.05) is 28.8 Å². The number of rotatable bonds is 4. The molecule has 4 rings (SSSR count). The van der Waals surface area contributed by atoms with E-state index in [-0.39, 0.29) is 0 Å². The molecule has 0 atom stereocenters. The fraction of sp³-hybridized carbons (Fsp3) is 0.0556. The van der Waals surface area contributed by atoms with Gasteiger partial charge in [-0.05, 0) is 27.6 Å². The van der Waals surface area contributed by atoms with Crippen molar-refractivity contribution in [3.63, 3.8) is 0 Å². The first-order chi connectivity index (χ1) is 11.8. The molecular formula is C18H14BrN5. The molecule has 1 aromatic carbocycles. The second kappa shape index (κ2) is 6.41. The third kappa shape index (κ3) is 3.00. The van der Waals surface area contributed by atoms with Gasteiger partial charge in [-0.1, -0.05) is 30.3 Å². The van der Waals surface area contributed by atoms with Gasteiger partial charge >= 0.3 is 0 Å². The molecule has 0 bridgehead atoms. The summed E-state index contributed by atoms with van der Waals surface area (Å²) in [6.45, 7) is 0.638. The first-order valence-electron chi connectivity index (χ1n) is 7.51. The molecule has 1 N–H and O–H groups in total. The van der Waals surface area contributed by atoms with E-state index in [4.69, 9.17) is 0 Å². The molecular weight excluding hydrogens is 366 g/mol. The molecule has 3 heterocycles. The third-order valence-electron chi connectivity index (χ3n) is 3.73. The number of fused-ring (bicyclic) bond motifs is 1. The number of imidazole rings is 1. The molecule has 0 amide bonds. The van der Waals surface area contributed by atoms with E-state index in [0.717, 1.165) is 32.6 Å². The maximum Gasteiger partial charge on any atom is 0.161 e. The summed E-state index contributed by atoms with van der Waals surface area (Å²) in [5, 5.41) is 3.44. The highest BCUT2D eigenvalue weighted by molar-refractivity contribution is 9.10. The fourth-order valence-corrected chi connectivity index (χ4v) is 2.99. The normalized spacial score (nSPS) is 10.9. The number of aromatic nitrogens is 4. The number of benzene rings is 1. The number of halogens is 1. The minimum absolute atomic E-state index is 0.638. The average Bonchev–Trinajstić information content (AvgIpc) is 3.01. The standard InChI is InChI=1S/C18H14BrN5/c19-17-11-24-10-15(14-4-2-1-3-5-14)6-16(18(24)23-17)22-9-13-7-20-12-21-8-13/h1-8,10-12,22H,9H2. The van der Waals surface area contributed by atoms with Gasteiger partial charge in [0.05, 0.1) is 5.69 Å². The van der Waals surface area contributed by atoms with Gasteiger partial charge in [-0.2, -0.15) is 0 Å². The van der Waals surface area contributed by atoms with Crippen LogP contribution in [0.15, 0.2) is 72.1 Å². The Morgan fingerprint density at radius 3 is 2.58 bits per heavy atom. The number of nitrogens with zero attached hydrogens (tertiary/aromatic N) is 4. The number of hydrogen-bond donors (Lipinski definition) is 1. The van der Waals surface area contributed by atoms with Gasteiger partial charge in [0.25, 0.3) is 0 Å². The summed E-state index contributed by atoms with van der Waals surface area (Å²) in [6.07, 6.45) is 9.18. The molecule has 6 heteroatoms. The molecule has 0 radical (unpaired) electrons. The molecule has 0 unspecified atom stereocenters. The number of pyridine rings is 1. The summed E-state index contributed by atoms with van der Waals surface area (Å²) >= 11 is 3.46. The van der Waals surface area contributed by atoms with Crippen molar-refractivity contribution in [3.8, 4) is 11.1 Å². The lowest BCUT2D eigenvalue weighted by Crippen LogP contribution is -2.03. The minimum atomic E-state index is 0.638. The Morgan fingerprint density at radius 1 is 1.00 bits per heavy atom. The van der Waals surface area contributed by atoms with Gasteiger partial charge in [0.2, 0.25) is 0 Å². The largest absolute Gasteiger partial charge is 0.378 e. The van der Waals surface area contributed by atoms with Crippen molar-refractivity contribution >= 4 is 27.3 Å². The molecule has 0 aliphatic carbocycles. The molecule has 0 aliphatic rings. The van der Waals surface area contributed by atoms with Crippen molar-refractivity contribution in [2.45, 2.75) is 6.54 Å². The van der Waals surface area contributed by atoms with Crippen LogP contribution in [-0.4, -0.2) is 19.4 Å². The third-order valence-corrected chi connectivity index (χ3v) is 4.11. The Hall–Kier alpha value is -2.73. The second-order valence-corrected chi connectivity index (χ2v) is 6.22. The zero-order valence-electron chi connectivity index (χ0n) is 12.7. The lowest BCUT2D eigenvalue weighted by atomic mass is 10.1. The number of hydrogen-bond acceptors (Lipinski definition) is 4. The van der Waals surface area contributed by atoms with Gasteiger partial charge in [0.15, 0.2) is 5.65 Å². The Bertz CT molecular complexity index is 967. The molecule has 3 aromatic heterocycles. The van der Waals surface area contributed by atoms with Crippen LogP contribution in [0.25, 0.3) is 16.8 Å². The van der Waals surface area contributed by atoms with E-state index >= 15 is 0 Å². The second-order valence-electron chi connectivity index (χ2n) is 5.40. The zero-order chi connectivity index (χ0) is 16.4. The molecule has 118 valence electrons. The van der Waals surface area contributed by atoms with E-state index in [1.54, 1.807) is 12.4 Å². The van der Waals surface area contributed by atoms with E-state index in [2.05, 4.69) is 60.6 Å². The van der Waals surface area contributed by atoms with E-state index in [0.29, 0.717) is 6.54 Å². The van der Waals surface area contributed by atoms with Crippen molar-refractivity contribution < 1.29 is 0 Å². The highest BCUT2D eigenvalue weighted by atomic mass is 79.9. The highest BCUT2D eigenvalue weighted by Crippen LogP contribution is 2.27. The van der Waals surface area contributed by atoms with Crippen molar-refractivity contribution in [1.29, 1.82) is 0 Å². The summed E-state index contributed by atoms with van der Waals surface area (Å²) < 4.78 is 2.83. The Morgan fingerprint density at radius 2 is 1.79 bits per heavy atom. The Kier molecular flexibility index (Phi) is 3.96. The predicted molar refractivity (Wildman–Crippen MR) is 97.7 cm³/mol. The molecule has 24 heavy (non-hydrogen) atoms. The highest BCUT2D eigenvalue weighted by Gasteiger charge is 2.09. The van der Waals surface area contributed by atoms with Crippen LogP contribution in [0.2, 0.25) is 0 Å². The lowest BCUT2D eigenvalue weighted by molar-refractivity contribution is 1.05. The van der Waals surface area contributed by atoms with Crippen molar-refractivity contribution in [1.82, 2.24) is 19.4 Å². The van der Waals surface area contributed by atoms with Crippen molar-refractivity contribution in [2.24, 2.45) is 0 Å². The summed E-state index contributed by atoms with van der Waals surface area (Å²) in [5.41, 5.74) is 5.14. The summed E-state index contributed by atoms with van der Waals surface area (Å²) in [6, 6.07) is 12.4. The SMILES string of the molecule is Brc1cn2cc(-c3ccccc3)cc(NCc3cncnc3)c2n1. The maximum atomic E-state index is 4.55. The summed E-state index contributed by atoms with van der Waals surface area (Å²) in [4.78, 5) is 12.6. The van der Waals surface area contributed by atoms with Crippen LogP contribution in [0.3, 0.4) is 0 Å². The summed E-state index contributed by atoms with van der Waals surface area (Å²) in [5.74, 6) is 0. The molecule has 0 aliphatic heterocycles. The van der Waals surface area contributed by atoms with Crippen LogP contribution in [0.1, 0.15) is 5.56 Å².